The van der Waals surface area contributed by atoms with E-state index in [1.807, 2.05) is 0 Å². The second kappa shape index (κ2) is 7.98. The normalized spacial score (nSPS) is 20.8. The summed E-state index contributed by atoms with van der Waals surface area (Å²) < 4.78 is 5.72. The minimum Gasteiger partial charge on any atom is -0.378 e. The minimum absolute atomic E-state index is 0.504. The molecule has 1 aromatic rings. The van der Waals surface area contributed by atoms with Crippen LogP contribution in [0.2, 0.25) is 0 Å². The van der Waals surface area contributed by atoms with Gasteiger partial charge in [0.1, 0.15) is 0 Å². The summed E-state index contributed by atoms with van der Waals surface area (Å²) in [6.45, 7) is 6.35. The standard InChI is InChI=1S/C15H26N2OS/c1-3-8-16-13(6-7-14-5-4-9-18-14)10-15-17-12(2)11-19-15/h11,13-14,16H,3-10H2,1-2H3. The summed E-state index contributed by atoms with van der Waals surface area (Å²) >= 11 is 1.79. The first-order valence-electron chi connectivity index (χ1n) is 7.54. The molecule has 0 amide bonds. The molecule has 3 nitrogen and oxygen atoms in total. The van der Waals surface area contributed by atoms with Crippen molar-refractivity contribution in [1.29, 1.82) is 0 Å². The molecule has 0 radical (unpaired) electrons. The number of thiazole rings is 1. The first-order chi connectivity index (χ1) is 9.28. The largest absolute Gasteiger partial charge is 0.378 e. The van der Waals surface area contributed by atoms with Gasteiger partial charge in [0.05, 0.1) is 11.1 Å². The van der Waals surface area contributed by atoms with Crippen LogP contribution in [-0.2, 0) is 11.2 Å². The monoisotopic (exact) mass is 282 g/mol. The average Bonchev–Trinajstić information content (AvgIpc) is 3.04. The fraction of sp³-hybridized carbons (Fsp3) is 0.800. The van der Waals surface area contributed by atoms with Crippen molar-refractivity contribution in [3.05, 3.63) is 16.1 Å². The molecule has 2 rings (SSSR count). The van der Waals surface area contributed by atoms with Gasteiger partial charge in [0.2, 0.25) is 0 Å². The molecule has 2 unspecified atom stereocenters. The Bertz CT molecular complexity index is 361. The van der Waals surface area contributed by atoms with Crippen molar-refractivity contribution in [2.75, 3.05) is 13.2 Å². The molecule has 0 aromatic carbocycles. The van der Waals surface area contributed by atoms with E-state index in [9.17, 15) is 0 Å². The summed E-state index contributed by atoms with van der Waals surface area (Å²) in [5, 5.41) is 7.07. The third-order valence-electron chi connectivity index (χ3n) is 3.63. The van der Waals surface area contributed by atoms with Gasteiger partial charge in [0, 0.05) is 30.1 Å². The molecule has 4 heteroatoms. The highest BCUT2D eigenvalue weighted by Gasteiger charge is 2.18. The SMILES string of the molecule is CCCNC(CCC1CCCO1)Cc1nc(C)cs1. The van der Waals surface area contributed by atoms with Crippen LogP contribution >= 0.6 is 11.3 Å². The Labute approximate surface area is 120 Å². The predicted octanol–water partition coefficient (Wildman–Crippen LogP) is 3.32. The van der Waals surface area contributed by atoms with Crippen molar-refractivity contribution < 1.29 is 4.74 Å². The van der Waals surface area contributed by atoms with Gasteiger partial charge in [0.15, 0.2) is 0 Å². The number of hydrogen-bond donors (Lipinski definition) is 1. The molecule has 0 spiro atoms. The summed E-state index contributed by atoms with van der Waals surface area (Å²) in [5.41, 5.74) is 1.15. The topological polar surface area (TPSA) is 34.1 Å². The maximum absolute atomic E-state index is 5.72. The molecule has 1 saturated heterocycles. The van der Waals surface area contributed by atoms with Crippen LogP contribution in [0.1, 0.15) is 49.7 Å². The van der Waals surface area contributed by atoms with Crippen LogP contribution in [0.5, 0.6) is 0 Å². The molecule has 0 aliphatic carbocycles. The van der Waals surface area contributed by atoms with E-state index in [1.54, 1.807) is 11.3 Å². The van der Waals surface area contributed by atoms with Gasteiger partial charge in [-0.3, -0.25) is 0 Å². The predicted molar refractivity (Wildman–Crippen MR) is 80.8 cm³/mol. The summed E-state index contributed by atoms with van der Waals surface area (Å²) in [7, 11) is 0. The zero-order valence-electron chi connectivity index (χ0n) is 12.2. The maximum atomic E-state index is 5.72. The van der Waals surface area contributed by atoms with Gasteiger partial charge in [-0.25, -0.2) is 4.98 Å². The number of aryl methyl sites for hydroxylation is 1. The lowest BCUT2D eigenvalue weighted by molar-refractivity contribution is 0.0995. The van der Waals surface area contributed by atoms with Crippen LogP contribution in [0.25, 0.3) is 0 Å². The minimum atomic E-state index is 0.504. The van der Waals surface area contributed by atoms with E-state index < -0.39 is 0 Å². The van der Waals surface area contributed by atoms with E-state index in [1.165, 1.54) is 37.1 Å². The zero-order valence-corrected chi connectivity index (χ0v) is 13.0. The summed E-state index contributed by atoms with van der Waals surface area (Å²) in [4.78, 5) is 4.59. The second-order valence-corrected chi connectivity index (χ2v) is 6.39. The van der Waals surface area contributed by atoms with E-state index in [4.69, 9.17) is 4.74 Å². The Morgan fingerprint density at radius 1 is 1.58 bits per heavy atom. The van der Waals surface area contributed by atoms with Crippen LogP contribution < -0.4 is 5.32 Å². The highest BCUT2D eigenvalue weighted by Crippen LogP contribution is 2.19. The molecular weight excluding hydrogens is 256 g/mol. The Morgan fingerprint density at radius 2 is 2.47 bits per heavy atom. The van der Waals surface area contributed by atoms with Gasteiger partial charge in [-0.15, -0.1) is 11.3 Å². The molecule has 2 atom stereocenters. The van der Waals surface area contributed by atoms with Crippen molar-refractivity contribution in [1.82, 2.24) is 10.3 Å². The highest BCUT2D eigenvalue weighted by molar-refractivity contribution is 7.09. The Hall–Kier alpha value is -0.450. The lowest BCUT2D eigenvalue weighted by atomic mass is 10.0. The molecule has 1 N–H and O–H groups in total. The quantitative estimate of drug-likeness (QED) is 0.794. The van der Waals surface area contributed by atoms with Crippen LogP contribution in [0, 0.1) is 6.92 Å². The second-order valence-electron chi connectivity index (χ2n) is 5.45. The number of rotatable bonds is 8. The van der Waals surface area contributed by atoms with Crippen molar-refractivity contribution in [2.45, 2.75) is 64.5 Å². The van der Waals surface area contributed by atoms with Gasteiger partial charge in [-0.2, -0.15) is 0 Å². The number of nitrogens with one attached hydrogen (secondary N) is 1. The van der Waals surface area contributed by atoms with E-state index in [2.05, 4.69) is 29.5 Å². The molecule has 0 saturated carbocycles. The lowest BCUT2D eigenvalue weighted by Crippen LogP contribution is -2.32. The highest BCUT2D eigenvalue weighted by atomic mass is 32.1. The summed E-state index contributed by atoms with van der Waals surface area (Å²) in [5.74, 6) is 0. The molecule has 1 fully saturated rings. The molecule has 2 heterocycles. The molecular formula is C15H26N2OS. The van der Waals surface area contributed by atoms with Gasteiger partial charge in [-0.1, -0.05) is 6.92 Å². The average molecular weight is 282 g/mol. The van der Waals surface area contributed by atoms with Crippen molar-refractivity contribution >= 4 is 11.3 Å². The molecule has 1 aliphatic heterocycles. The third-order valence-corrected chi connectivity index (χ3v) is 4.62. The zero-order chi connectivity index (χ0) is 13.5. The first-order valence-corrected chi connectivity index (χ1v) is 8.42. The Balaban J connectivity index is 1.79. The van der Waals surface area contributed by atoms with Gasteiger partial charge in [-0.05, 0) is 45.6 Å². The third kappa shape index (κ3) is 5.21. The molecule has 1 aliphatic rings. The van der Waals surface area contributed by atoms with Crippen molar-refractivity contribution in [3.63, 3.8) is 0 Å². The van der Waals surface area contributed by atoms with Crippen LogP contribution in [-0.4, -0.2) is 30.3 Å². The smallest absolute Gasteiger partial charge is 0.0943 e. The van der Waals surface area contributed by atoms with E-state index in [-0.39, 0.29) is 0 Å². The van der Waals surface area contributed by atoms with Crippen molar-refractivity contribution in [3.8, 4) is 0 Å². The number of nitrogens with zero attached hydrogens (tertiary/aromatic N) is 1. The molecule has 0 bridgehead atoms. The summed E-state index contributed by atoms with van der Waals surface area (Å²) in [6.07, 6.45) is 7.62. The lowest BCUT2D eigenvalue weighted by Gasteiger charge is -2.19. The fourth-order valence-corrected chi connectivity index (χ4v) is 3.44. The molecule has 1 aromatic heterocycles. The Morgan fingerprint density at radius 3 is 3.11 bits per heavy atom. The van der Waals surface area contributed by atoms with E-state index in [0.29, 0.717) is 12.1 Å². The number of aromatic nitrogens is 1. The van der Waals surface area contributed by atoms with Gasteiger partial charge in [0.25, 0.3) is 0 Å². The van der Waals surface area contributed by atoms with Crippen LogP contribution in [0.15, 0.2) is 5.38 Å². The van der Waals surface area contributed by atoms with E-state index >= 15 is 0 Å². The van der Waals surface area contributed by atoms with Gasteiger partial charge >= 0.3 is 0 Å². The Kier molecular flexibility index (Phi) is 6.28. The molecule has 19 heavy (non-hydrogen) atoms. The van der Waals surface area contributed by atoms with Crippen molar-refractivity contribution in [2.24, 2.45) is 0 Å². The fourth-order valence-electron chi connectivity index (χ4n) is 2.59. The number of ether oxygens (including phenoxy) is 1. The molecule has 108 valence electrons. The first kappa shape index (κ1) is 14.9. The van der Waals surface area contributed by atoms with Crippen LogP contribution in [0.4, 0.5) is 0 Å². The summed E-state index contributed by atoms with van der Waals surface area (Å²) in [6, 6.07) is 0.551. The van der Waals surface area contributed by atoms with E-state index in [0.717, 1.165) is 25.3 Å². The number of hydrogen-bond acceptors (Lipinski definition) is 4. The van der Waals surface area contributed by atoms with Gasteiger partial charge < -0.3 is 10.1 Å². The van der Waals surface area contributed by atoms with Crippen LogP contribution in [0.3, 0.4) is 0 Å². The maximum Gasteiger partial charge on any atom is 0.0943 e.